The summed E-state index contributed by atoms with van der Waals surface area (Å²) in [6, 6.07) is 0.890. The zero-order valence-corrected chi connectivity index (χ0v) is 9.43. The Morgan fingerprint density at radius 1 is 0.857 bits per heavy atom. The van der Waals surface area contributed by atoms with Gasteiger partial charge in [0.1, 0.15) is 0 Å². The van der Waals surface area contributed by atoms with Crippen LogP contribution in [0.15, 0.2) is 0 Å². The van der Waals surface area contributed by atoms with E-state index in [9.17, 15) is 0 Å². The predicted molar refractivity (Wildman–Crippen MR) is 61.5 cm³/mol. The highest BCUT2D eigenvalue weighted by atomic mass is 14.9. The predicted octanol–water partition coefficient (Wildman–Crippen LogP) is 3.49. The van der Waals surface area contributed by atoms with Gasteiger partial charge in [0.2, 0.25) is 0 Å². The standard InChI is InChI=1S/C13H25N/c1-2-6-12(7-3-1)8-5-11-14-13-9-4-10-13/h12-14H,1-11H2. The van der Waals surface area contributed by atoms with Crippen LogP contribution in [0.25, 0.3) is 0 Å². The van der Waals surface area contributed by atoms with Crippen molar-refractivity contribution in [1.82, 2.24) is 5.32 Å². The van der Waals surface area contributed by atoms with Gasteiger partial charge in [-0.25, -0.2) is 0 Å². The molecule has 2 aliphatic rings. The van der Waals surface area contributed by atoms with E-state index < -0.39 is 0 Å². The van der Waals surface area contributed by atoms with Crippen LogP contribution in [0.4, 0.5) is 0 Å². The Kier molecular flexibility index (Phi) is 4.30. The van der Waals surface area contributed by atoms with Crippen molar-refractivity contribution in [3.8, 4) is 0 Å². The average Bonchev–Trinajstić information content (AvgIpc) is 2.16. The van der Waals surface area contributed by atoms with Crippen LogP contribution >= 0.6 is 0 Å². The van der Waals surface area contributed by atoms with Gasteiger partial charge in [-0.1, -0.05) is 38.5 Å². The molecule has 82 valence electrons. The lowest BCUT2D eigenvalue weighted by molar-refractivity contribution is 0.308. The van der Waals surface area contributed by atoms with E-state index in [1.807, 2.05) is 0 Å². The molecule has 0 atom stereocenters. The molecule has 0 spiro atoms. The van der Waals surface area contributed by atoms with Crippen molar-refractivity contribution in [2.75, 3.05) is 6.54 Å². The normalized spacial score (nSPS) is 24.9. The molecule has 0 unspecified atom stereocenters. The number of rotatable bonds is 5. The van der Waals surface area contributed by atoms with Crippen LogP contribution in [0.1, 0.15) is 64.2 Å². The lowest BCUT2D eigenvalue weighted by Crippen LogP contribution is -2.35. The molecule has 1 heteroatoms. The summed E-state index contributed by atoms with van der Waals surface area (Å²) >= 11 is 0. The van der Waals surface area contributed by atoms with E-state index in [-0.39, 0.29) is 0 Å². The van der Waals surface area contributed by atoms with Crippen molar-refractivity contribution in [2.24, 2.45) is 5.92 Å². The first-order chi connectivity index (χ1) is 6.95. The summed E-state index contributed by atoms with van der Waals surface area (Å²) in [4.78, 5) is 0. The molecule has 2 fully saturated rings. The highest BCUT2D eigenvalue weighted by molar-refractivity contribution is 4.76. The van der Waals surface area contributed by atoms with Gasteiger partial charge in [0, 0.05) is 6.04 Å². The van der Waals surface area contributed by atoms with Gasteiger partial charge >= 0.3 is 0 Å². The third-order valence-corrected chi connectivity index (χ3v) is 4.05. The molecule has 1 nitrogen and oxygen atoms in total. The van der Waals surface area contributed by atoms with Crippen molar-refractivity contribution >= 4 is 0 Å². The summed E-state index contributed by atoms with van der Waals surface area (Å²) in [6.07, 6.45) is 14.8. The van der Waals surface area contributed by atoms with Crippen LogP contribution in [0.2, 0.25) is 0 Å². The first kappa shape index (κ1) is 10.5. The highest BCUT2D eigenvalue weighted by Crippen LogP contribution is 2.27. The molecule has 0 heterocycles. The van der Waals surface area contributed by atoms with Gasteiger partial charge < -0.3 is 5.32 Å². The minimum absolute atomic E-state index is 0.890. The lowest BCUT2D eigenvalue weighted by atomic mass is 9.86. The third kappa shape index (κ3) is 3.27. The molecule has 0 aliphatic heterocycles. The molecule has 0 amide bonds. The maximum absolute atomic E-state index is 3.66. The van der Waals surface area contributed by atoms with Crippen molar-refractivity contribution in [3.63, 3.8) is 0 Å². The second-order valence-corrected chi connectivity index (χ2v) is 5.23. The van der Waals surface area contributed by atoms with Crippen molar-refractivity contribution in [3.05, 3.63) is 0 Å². The molecule has 2 aliphatic carbocycles. The Balaban J connectivity index is 1.45. The Morgan fingerprint density at radius 3 is 2.29 bits per heavy atom. The van der Waals surface area contributed by atoms with Gasteiger partial charge in [-0.3, -0.25) is 0 Å². The van der Waals surface area contributed by atoms with Gasteiger partial charge in [0.05, 0.1) is 0 Å². The van der Waals surface area contributed by atoms with Crippen molar-refractivity contribution in [1.29, 1.82) is 0 Å². The summed E-state index contributed by atoms with van der Waals surface area (Å²) in [5, 5.41) is 3.66. The zero-order valence-electron chi connectivity index (χ0n) is 9.43. The van der Waals surface area contributed by atoms with E-state index in [1.54, 1.807) is 0 Å². The summed E-state index contributed by atoms with van der Waals surface area (Å²) in [5.74, 6) is 1.08. The topological polar surface area (TPSA) is 12.0 Å². The first-order valence-corrected chi connectivity index (χ1v) is 6.68. The van der Waals surface area contributed by atoms with E-state index in [2.05, 4.69) is 5.32 Å². The first-order valence-electron chi connectivity index (χ1n) is 6.68. The molecule has 0 aromatic rings. The summed E-state index contributed by atoms with van der Waals surface area (Å²) < 4.78 is 0. The fraction of sp³-hybridized carbons (Fsp3) is 1.00. The maximum Gasteiger partial charge on any atom is 0.00670 e. The minimum Gasteiger partial charge on any atom is -0.314 e. The monoisotopic (exact) mass is 195 g/mol. The van der Waals surface area contributed by atoms with Gasteiger partial charge in [0.25, 0.3) is 0 Å². The molecule has 0 aromatic heterocycles. The minimum atomic E-state index is 0.890. The van der Waals surface area contributed by atoms with Crippen molar-refractivity contribution < 1.29 is 0 Å². The van der Waals surface area contributed by atoms with Crippen LogP contribution in [0.3, 0.4) is 0 Å². The lowest BCUT2D eigenvalue weighted by Gasteiger charge is -2.27. The van der Waals surface area contributed by atoms with Crippen LogP contribution < -0.4 is 5.32 Å². The molecule has 2 saturated carbocycles. The molecule has 0 aromatic carbocycles. The summed E-state index contributed by atoms with van der Waals surface area (Å²) in [6.45, 7) is 1.28. The Bertz CT molecular complexity index is 145. The quantitative estimate of drug-likeness (QED) is 0.662. The van der Waals surface area contributed by atoms with Crippen molar-refractivity contribution in [2.45, 2.75) is 70.3 Å². The summed E-state index contributed by atoms with van der Waals surface area (Å²) in [5.41, 5.74) is 0. The molecular weight excluding hydrogens is 170 g/mol. The van der Waals surface area contributed by atoms with Crippen LogP contribution in [-0.2, 0) is 0 Å². The second kappa shape index (κ2) is 5.75. The van der Waals surface area contributed by atoms with E-state index in [4.69, 9.17) is 0 Å². The second-order valence-electron chi connectivity index (χ2n) is 5.23. The fourth-order valence-corrected chi connectivity index (χ4v) is 2.79. The molecule has 0 bridgehead atoms. The smallest absolute Gasteiger partial charge is 0.00670 e. The van der Waals surface area contributed by atoms with Crippen LogP contribution in [0, 0.1) is 5.92 Å². The average molecular weight is 195 g/mol. The van der Waals surface area contributed by atoms with E-state index in [0.717, 1.165) is 12.0 Å². The summed E-state index contributed by atoms with van der Waals surface area (Å²) in [7, 11) is 0. The molecule has 0 radical (unpaired) electrons. The molecule has 14 heavy (non-hydrogen) atoms. The van der Waals surface area contributed by atoms with Gasteiger partial charge in [-0.15, -0.1) is 0 Å². The largest absolute Gasteiger partial charge is 0.314 e. The number of nitrogens with one attached hydrogen (secondary N) is 1. The van der Waals surface area contributed by atoms with Crippen LogP contribution in [-0.4, -0.2) is 12.6 Å². The van der Waals surface area contributed by atoms with Gasteiger partial charge in [0.15, 0.2) is 0 Å². The maximum atomic E-state index is 3.66. The van der Waals surface area contributed by atoms with E-state index >= 15 is 0 Å². The molecule has 2 rings (SSSR count). The Labute approximate surface area is 88.7 Å². The van der Waals surface area contributed by atoms with Gasteiger partial charge in [-0.05, 0) is 38.1 Å². The highest BCUT2D eigenvalue weighted by Gasteiger charge is 2.16. The molecular formula is C13H25N. The SMILES string of the molecule is C1CCC(CCCNC2CCC2)CC1. The number of hydrogen-bond acceptors (Lipinski definition) is 1. The molecule has 0 saturated heterocycles. The fourth-order valence-electron chi connectivity index (χ4n) is 2.79. The zero-order chi connectivity index (χ0) is 9.64. The van der Waals surface area contributed by atoms with Crippen LogP contribution in [0.5, 0.6) is 0 Å². The molecule has 1 N–H and O–H groups in total. The third-order valence-electron chi connectivity index (χ3n) is 4.05. The van der Waals surface area contributed by atoms with Gasteiger partial charge in [-0.2, -0.15) is 0 Å². The number of hydrogen-bond donors (Lipinski definition) is 1. The Morgan fingerprint density at radius 2 is 1.64 bits per heavy atom. The van der Waals surface area contributed by atoms with E-state index in [0.29, 0.717) is 0 Å². The van der Waals surface area contributed by atoms with E-state index in [1.165, 1.54) is 70.8 Å². The Hall–Kier alpha value is -0.0400.